The maximum atomic E-state index is 13.0. The number of rotatable bonds is 3. The molecule has 0 spiro atoms. The van der Waals surface area contributed by atoms with Crippen LogP contribution in [0.3, 0.4) is 0 Å². The highest BCUT2D eigenvalue weighted by Gasteiger charge is 2.36. The number of amides is 1. The number of fused-ring (bicyclic) bond motifs is 2. The smallest absolute Gasteiger partial charge is 0.222 e. The molecule has 1 N–H and O–H groups in total. The minimum atomic E-state index is 0.221. The zero-order valence-corrected chi connectivity index (χ0v) is 22.7. The van der Waals surface area contributed by atoms with Crippen molar-refractivity contribution in [3.05, 3.63) is 60.7 Å². The molecule has 4 nitrogen and oxygen atoms in total. The van der Waals surface area contributed by atoms with Crippen molar-refractivity contribution in [2.45, 2.75) is 50.9 Å². The van der Waals surface area contributed by atoms with E-state index in [0.29, 0.717) is 24.2 Å². The van der Waals surface area contributed by atoms with E-state index in [2.05, 4.69) is 54.2 Å². The molecule has 0 unspecified atom stereocenters. The summed E-state index contributed by atoms with van der Waals surface area (Å²) in [6, 6.07) is 6.39. The van der Waals surface area contributed by atoms with Crippen LogP contribution in [0.5, 0.6) is 0 Å². The van der Waals surface area contributed by atoms with E-state index in [0.717, 1.165) is 78.7 Å². The number of piperidine rings is 2. The van der Waals surface area contributed by atoms with Crippen molar-refractivity contribution in [3.8, 4) is 0 Å². The Labute approximate surface area is 218 Å². The zero-order valence-electron chi connectivity index (χ0n) is 18.8. The molecule has 1 aliphatic carbocycles. The van der Waals surface area contributed by atoms with Gasteiger partial charge in [0, 0.05) is 45.6 Å². The van der Waals surface area contributed by atoms with Crippen LogP contribution < -0.4 is 5.32 Å². The number of carbonyl (C=O) groups excluding carboxylic acids is 1. The topological polar surface area (TPSA) is 45.2 Å². The van der Waals surface area contributed by atoms with E-state index < -0.39 is 0 Å². The predicted octanol–water partition coefficient (Wildman–Crippen LogP) is 6.12. The number of hydrogen-bond donors (Lipinski definition) is 1. The number of hydrogen-bond acceptors (Lipinski definition) is 3. The summed E-state index contributed by atoms with van der Waals surface area (Å²) in [5, 5.41) is 4.17. The Morgan fingerprint density at radius 2 is 1.85 bits per heavy atom. The van der Waals surface area contributed by atoms with Crippen LogP contribution in [0, 0.1) is 11.8 Å². The van der Waals surface area contributed by atoms with Crippen LogP contribution in [0.25, 0.3) is 0 Å². The maximum absolute atomic E-state index is 13.0. The Morgan fingerprint density at radius 1 is 1.12 bits per heavy atom. The minimum Gasteiger partial charge on any atom is -0.343 e. The van der Waals surface area contributed by atoms with Crippen molar-refractivity contribution < 1.29 is 4.79 Å². The summed E-state index contributed by atoms with van der Waals surface area (Å²) < 4.78 is 2.11. The molecule has 7 heteroatoms. The Balaban J connectivity index is 1.38. The van der Waals surface area contributed by atoms with Crippen molar-refractivity contribution in [2.75, 3.05) is 26.2 Å². The van der Waals surface area contributed by atoms with E-state index in [1.165, 1.54) is 22.4 Å². The molecule has 5 rings (SSSR count). The predicted molar refractivity (Wildman–Crippen MR) is 140 cm³/mol. The fourth-order valence-electron chi connectivity index (χ4n) is 5.97. The highest BCUT2D eigenvalue weighted by atomic mass is 79.9. The number of halogens is 3. The summed E-state index contributed by atoms with van der Waals surface area (Å²) in [4.78, 5) is 20.1. The fourth-order valence-corrected chi connectivity index (χ4v) is 7.47. The summed E-state index contributed by atoms with van der Waals surface area (Å²) in [7, 11) is 0. The minimum absolute atomic E-state index is 0.221. The maximum Gasteiger partial charge on any atom is 0.222 e. The highest BCUT2D eigenvalue weighted by Crippen LogP contribution is 2.46. The van der Waals surface area contributed by atoms with Crippen LogP contribution in [0.2, 0.25) is 5.02 Å². The molecule has 176 valence electrons. The number of aryl methyl sites for hydroxylation is 2. The molecular weight excluding hydrogens is 570 g/mol. The number of nitrogens with zero attached hydrogens (tertiary/aromatic N) is 2. The van der Waals surface area contributed by atoms with E-state index in [1.54, 1.807) is 0 Å². The van der Waals surface area contributed by atoms with Gasteiger partial charge in [-0.15, -0.1) is 0 Å². The Hall–Kier alpha value is -0.950. The molecule has 1 aromatic carbocycles. The van der Waals surface area contributed by atoms with Gasteiger partial charge in [-0.1, -0.05) is 27.5 Å². The van der Waals surface area contributed by atoms with Gasteiger partial charge in [-0.25, -0.2) is 0 Å². The third kappa shape index (κ3) is 5.19. The van der Waals surface area contributed by atoms with Gasteiger partial charge in [0.2, 0.25) is 5.91 Å². The van der Waals surface area contributed by atoms with Crippen molar-refractivity contribution in [3.63, 3.8) is 0 Å². The van der Waals surface area contributed by atoms with Crippen LogP contribution in [0.15, 0.2) is 33.3 Å². The van der Waals surface area contributed by atoms with Crippen LogP contribution in [0.4, 0.5) is 0 Å². The van der Waals surface area contributed by atoms with Gasteiger partial charge in [0.1, 0.15) is 0 Å². The van der Waals surface area contributed by atoms with Crippen LogP contribution in [-0.4, -0.2) is 42.0 Å². The van der Waals surface area contributed by atoms with Gasteiger partial charge in [-0.05, 0) is 114 Å². The first-order chi connectivity index (χ1) is 16.0. The first-order valence-electron chi connectivity index (χ1n) is 12.1. The van der Waals surface area contributed by atoms with E-state index in [1.807, 2.05) is 12.3 Å². The van der Waals surface area contributed by atoms with Crippen molar-refractivity contribution in [1.29, 1.82) is 0 Å². The normalized spacial score (nSPS) is 21.9. The van der Waals surface area contributed by atoms with E-state index in [9.17, 15) is 4.79 Å². The fraction of sp³-hybridized carbons (Fsp3) is 0.538. The number of benzene rings is 1. The molecule has 1 aromatic heterocycles. The molecule has 0 radical (unpaired) electrons. The molecule has 2 saturated heterocycles. The molecule has 0 bridgehead atoms. The van der Waals surface area contributed by atoms with Gasteiger partial charge in [0.05, 0.1) is 5.69 Å². The number of likely N-dealkylation sites (tertiary alicyclic amines) is 1. The molecule has 0 saturated carbocycles. The standard InChI is InChI=1S/C26H30Br2ClN3O/c27-20-12-19-2-1-18-13-21(29)14-22(28)24(18)25(26(19)31-15-20)17-5-9-32(10-6-17)23(33)11-16-3-7-30-8-4-16/h12-17,25,30H,1-11H2/t25-/m1/s1/i9+2,10+2. The lowest BCUT2D eigenvalue weighted by atomic mass is 9.80. The van der Waals surface area contributed by atoms with Crippen LogP contribution in [0.1, 0.15) is 60.4 Å². The molecule has 2 fully saturated rings. The lowest BCUT2D eigenvalue weighted by Crippen LogP contribution is -2.41. The summed E-state index contributed by atoms with van der Waals surface area (Å²) in [5.74, 6) is 1.56. The second kappa shape index (κ2) is 10.3. The van der Waals surface area contributed by atoms with E-state index >= 15 is 0 Å². The summed E-state index contributed by atoms with van der Waals surface area (Å²) in [5.41, 5.74) is 5.17. The molecule has 3 aliphatic rings. The third-order valence-corrected chi connectivity index (χ3v) is 9.01. The SMILES string of the molecule is O=C(CC1CCNCC1)N1[14CH2]CC([C@H]2c3ncc(Br)cc3CCc3cc(Cl)cc(Br)c32)C[14CH2]1. The van der Waals surface area contributed by atoms with Crippen LogP contribution >= 0.6 is 43.5 Å². The molecule has 2 aromatic rings. The first-order valence-corrected chi connectivity index (χ1v) is 14.1. The summed E-state index contributed by atoms with van der Waals surface area (Å²) in [6.45, 7) is 3.78. The monoisotopic (exact) mass is 597 g/mol. The zero-order chi connectivity index (χ0) is 22.9. The number of nitrogens with one attached hydrogen (secondary N) is 1. The number of carbonyl (C=O) groups is 1. The second-order valence-corrected chi connectivity index (χ2v) is 12.0. The van der Waals surface area contributed by atoms with Crippen molar-refractivity contribution in [2.24, 2.45) is 11.8 Å². The average Bonchev–Trinajstić information content (AvgIpc) is 2.96. The van der Waals surface area contributed by atoms with Crippen molar-refractivity contribution in [1.82, 2.24) is 15.2 Å². The molecule has 1 amide bonds. The highest BCUT2D eigenvalue weighted by molar-refractivity contribution is 9.10. The summed E-state index contributed by atoms with van der Waals surface area (Å²) >= 11 is 13.9. The van der Waals surface area contributed by atoms with Gasteiger partial charge in [-0.3, -0.25) is 9.78 Å². The van der Waals surface area contributed by atoms with Gasteiger partial charge in [0.15, 0.2) is 0 Å². The third-order valence-electron chi connectivity index (χ3n) is 7.70. The quantitative estimate of drug-likeness (QED) is 0.463. The molecule has 2 aliphatic heterocycles. The van der Waals surface area contributed by atoms with Gasteiger partial charge < -0.3 is 10.2 Å². The van der Waals surface area contributed by atoms with Gasteiger partial charge in [0.25, 0.3) is 0 Å². The largest absolute Gasteiger partial charge is 0.343 e. The van der Waals surface area contributed by atoms with Gasteiger partial charge in [-0.2, -0.15) is 0 Å². The van der Waals surface area contributed by atoms with Gasteiger partial charge >= 0.3 is 0 Å². The average molecular weight is 600 g/mol. The molecular formula is C26H30Br2ClN3O. The van der Waals surface area contributed by atoms with Crippen molar-refractivity contribution >= 4 is 49.4 Å². The lowest BCUT2D eigenvalue weighted by molar-refractivity contribution is -0.133. The Bertz CT molecular complexity index is 1030. The van der Waals surface area contributed by atoms with E-state index in [4.69, 9.17) is 16.6 Å². The summed E-state index contributed by atoms with van der Waals surface area (Å²) in [6.07, 6.45) is 8.82. The van der Waals surface area contributed by atoms with E-state index in [-0.39, 0.29) is 5.92 Å². The Kier molecular flexibility index (Phi) is 7.46. The van der Waals surface area contributed by atoms with Crippen LogP contribution in [-0.2, 0) is 17.6 Å². The lowest BCUT2D eigenvalue weighted by Gasteiger charge is -2.37. The molecule has 3 heterocycles. The first kappa shape index (κ1) is 23.8. The molecule has 1 atom stereocenters. The second-order valence-electron chi connectivity index (χ2n) is 9.75. The Morgan fingerprint density at radius 3 is 2.61 bits per heavy atom. The number of aromatic nitrogens is 1. The number of pyridine rings is 1. The molecule has 33 heavy (non-hydrogen) atoms.